The van der Waals surface area contributed by atoms with Crippen molar-refractivity contribution in [1.29, 1.82) is 0 Å². The summed E-state index contributed by atoms with van der Waals surface area (Å²) < 4.78 is 0. The fraction of sp³-hybridized carbons (Fsp3) is 0.462. The Morgan fingerprint density at radius 1 is 1.22 bits per heavy atom. The lowest BCUT2D eigenvalue weighted by molar-refractivity contribution is -0.123. The minimum Gasteiger partial charge on any atom is -0.348 e. The summed E-state index contributed by atoms with van der Waals surface area (Å²) in [6, 6.07) is 6.96. The van der Waals surface area contributed by atoms with Gasteiger partial charge in [0.15, 0.2) is 0 Å². The van der Waals surface area contributed by atoms with Crippen LogP contribution in [0.15, 0.2) is 24.3 Å². The van der Waals surface area contributed by atoms with E-state index in [0.29, 0.717) is 10.9 Å². The molecule has 0 bridgehead atoms. The molecule has 5 heteroatoms. The first-order valence-electron chi connectivity index (χ1n) is 5.73. The van der Waals surface area contributed by atoms with Crippen molar-refractivity contribution in [2.75, 3.05) is 0 Å². The molecule has 0 aliphatic rings. The minimum atomic E-state index is -0.497. The Labute approximate surface area is 119 Å². The van der Waals surface area contributed by atoms with Crippen molar-refractivity contribution in [1.82, 2.24) is 5.32 Å². The third-order valence-electron chi connectivity index (χ3n) is 2.61. The molecule has 0 saturated carbocycles. The molecule has 18 heavy (non-hydrogen) atoms. The Kier molecular flexibility index (Phi) is 7.29. The summed E-state index contributed by atoms with van der Waals surface area (Å²) in [6.45, 7) is 5.79. The molecule has 1 unspecified atom stereocenters. The second kappa shape index (κ2) is 7.62. The van der Waals surface area contributed by atoms with Crippen LogP contribution in [0.3, 0.4) is 0 Å². The maximum Gasteiger partial charge on any atom is 0.237 e. The molecule has 102 valence electrons. The normalized spacial score (nSPS) is 13.7. The number of hydrogen-bond donors (Lipinski definition) is 2. The van der Waals surface area contributed by atoms with E-state index in [0.717, 1.165) is 5.56 Å². The van der Waals surface area contributed by atoms with Gasteiger partial charge in [0.25, 0.3) is 0 Å². The number of rotatable bonds is 4. The first kappa shape index (κ1) is 17.2. The molecule has 0 saturated heterocycles. The van der Waals surface area contributed by atoms with Crippen molar-refractivity contribution in [3.8, 4) is 0 Å². The fourth-order valence-electron chi connectivity index (χ4n) is 1.59. The molecular weight excluding hydrogens is 271 g/mol. The quantitative estimate of drug-likeness (QED) is 0.896. The van der Waals surface area contributed by atoms with Gasteiger partial charge in [-0.15, -0.1) is 12.4 Å². The molecule has 0 heterocycles. The maximum atomic E-state index is 11.6. The molecule has 0 aliphatic heterocycles. The first-order chi connectivity index (χ1) is 7.91. The van der Waals surface area contributed by atoms with Gasteiger partial charge in [-0.25, -0.2) is 0 Å². The standard InChI is InChI=1S/C13H19ClN2O.ClH/c1-8(2)12(16-13(17)9(3)15)10-4-6-11(14)7-5-10;/h4-9,12H,15H2,1-3H3,(H,16,17);1H/t9-,12?;/m1./s1. The van der Waals surface area contributed by atoms with Crippen molar-refractivity contribution in [2.24, 2.45) is 11.7 Å². The largest absolute Gasteiger partial charge is 0.348 e. The number of nitrogens with two attached hydrogens (primary N) is 1. The van der Waals surface area contributed by atoms with E-state index in [9.17, 15) is 4.79 Å². The van der Waals surface area contributed by atoms with Gasteiger partial charge in [-0.1, -0.05) is 37.6 Å². The molecule has 1 rings (SSSR count). The van der Waals surface area contributed by atoms with Crippen molar-refractivity contribution in [3.63, 3.8) is 0 Å². The third kappa shape index (κ3) is 4.84. The number of amides is 1. The van der Waals surface area contributed by atoms with Crippen LogP contribution in [0.25, 0.3) is 0 Å². The van der Waals surface area contributed by atoms with Crippen LogP contribution in [-0.4, -0.2) is 11.9 Å². The Balaban J connectivity index is 0.00000289. The lowest BCUT2D eigenvalue weighted by Crippen LogP contribution is -2.41. The van der Waals surface area contributed by atoms with Crippen molar-refractivity contribution >= 4 is 29.9 Å². The second-order valence-electron chi connectivity index (χ2n) is 4.57. The number of halogens is 2. The summed E-state index contributed by atoms with van der Waals surface area (Å²) in [5.74, 6) is 0.150. The van der Waals surface area contributed by atoms with Gasteiger partial charge < -0.3 is 11.1 Å². The summed E-state index contributed by atoms with van der Waals surface area (Å²) in [5.41, 5.74) is 6.59. The van der Waals surface area contributed by atoms with Crippen LogP contribution in [0.1, 0.15) is 32.4 Å². The maximum absolute atomic E-state index is 11.6. The van der Waals surface area contributed by atoms with E-state index >= 15 is 0 Å². The summed E-state index contributed by atoms with van der Waals surface area (Å²) in [4.78, 5) is 11.6. The molecule has 2 atom stereocenters. The fourth-order valence-corrected chi connectivity index (χ4v) is 1.72. The molecule has 3 nitrogen and oxygen atoms in total. The number of nitrogens with one attached hydrogen (secondary N) is 1. The van der Waals surface area contributed by atoms with Gasteiger partial charge in [-0.05, 0) is 30.5 Å². The lowest BCUT2D eigenvalue weighted by atomic mass is 9.96. The third-order valence-corrected chi connectivity index (χ3v) is 2.86. The van der Waals surface area contributed by atoms with Crippen LogP contribution < -0.4 is 11.1 Å². The summed E-state index contributed by atoms with van der Waals surface area (Å²) in [5, 5.41) is 3.63. The average molecular weight is 291 g/mol. The van der Waals surface area contributed by atoms with Crippen LogP contribution in [0.2, 0.25) is 5.02 Å². The zero-order valence-electron chi connectivity index (χ0n) is 10.8. The van der Waals surface area contributed by atoms with E-state index in [1.165, 1.54) is 0 Å². The van der Waals surface area contributed by atoms with E-state index in [1.54, 1.807) is 6.92 Å². The molecule has 0 spiro atoms. The molecule has 0 aliphatic carbocycles. The van der Waals surface area contributed by atoms with Crippen molar-refractivity contribution < 1.29 is 4.79 Å². The van der Waals surface area contributed by atoms with Gasteiger partial charge >= 0.3 is 0 Å². The van der Waals surface area contributed by atoms with Crippen LogP contribution in [-0.2, 0) is 4.79 Å². The smallest absolute Gasteiger partial charge is 0.237 e. The Bertz CT molecular complexity index is 377. The highest BCUT2D eigenvalue weighted by Gasteiger charge is 2.19. The van der Waals surface area contributed by atoms with E-state index in [4.69, 9.17) is 17.3 Å². The first-order valence-corrected chi connectivity index (χ1v) is 6.11. The van der Waals surface area contributed by atoms with Gasteiger partial charge in [0.2, 0.25) is 5.91 Å². The highest BCUT2D eigenvalue weighted by molar-refractivity contribution is 6.30. The van der Waals surface area contributed by atoms with Crippen LogP contribution >= 0.6 is 24.0 Å². The summed E-state index contributed by atoms with van der Waals surface area (Å²) in [7, 11) is 0. The SMILES string of the molecule is CC(C)C(NC(=O)[C@@H](C)N)c1ccc(Cl)cc1.Cl. The predicted octanol–water partition coefficient (Wildman–Crippen LogP) is 2.92. The molecular formula is C13H20Cl2N2O. The Morgan fingerprint density at radius 2 is 1.72 bits per heavy atom. The van der Waals surface area contributed by atoms with Crippen molar-refractivity contribution in [2.45, 2.75) is 32.9 Å². The van der Waals surface area contributed by atoms with E-state index < -0.39 is 6.04 Å². The Hall–Kier alpha value is -0.770. The summed E-state index contributed by atoms with van der Waals surface area (Å²) >= 11 is 5.84. The molecule has 3 N–H and O–H groups in total. The van der Waals surface area contributed by atoms with Gasteiger partial charge in [-0.2, -0.15) is 0 Å². The molecule has 0 fully saturated rings. The van der Waals surface area contributed by atoms with Gasteiger partial charge in [-0.3, -0.25) is 4.79 Å². The number of benzene rings is 1. The van der Waals surface area contributed by atoms with E-state index in [1.807, 2.05) is 24.3 Å². The summed E-state index contributed by atoms with van der Waals surface area (Å²) in [6.07, 6.45) is 0. The molecule has 0 radical (unpaired) electrons. The van der Waals surface area contributed by atoms with Crippen LogP contribution in [0, 0.1) is 5.92 Å². The average Bonchev–Trinajstić information content (AvgIpc) is 2.26. The van der Waals surface area contributed by atoms with E-state index in [2.05, 4.69) is 19.2 Å². The van der Waals surface area contributed by atoms with E-state index in [-0.39, 0.29) is 24.4 Å². The zero-order chi connectivity index (χ0) is 13.0. The lowest BCUT2D eigenvalue weighted by Gasteiger charge is -2.24. The van der Waals surface area contributed by atoms with Crippen molar-refractivity contribution in [3.05, 3.63) is 34.9 Å². The Morgan fingerprint density at radius 3 is 2.11 bits per heavy atom. The number of carbonyl (C=O) groups excluding carboxylic acids is 1. The number of hydrogen-bond acceptors (Lipinski definition) is 2. The van der Waals surface area contributed by atoms with Crippen LogP contribution in [0.4, 0.5) is 0 Å². The molecule has 1 aromatic carbocycles. The second-order valence-corrected chi connectivity index (χ2v) is 5.01. The molecule has 1 amide bonds. The monoisotopic (exact) mass is 290 g/mol. The molecule has 1 aromatic rings. The highest BCUT2D eigenvalue weighted by atomic mass is 35.5. The minimum absolute atomic E-state index is 0. The topological polar surface area (TPSA) is 55.1 Å². The predicted molar refractivity (Wildman–Crippen MR) is 78.1 cm³/mol. The van der Waals surface area contributed by atoms with Crippen LogP contribution in [0.5, 0.6) is 0 Å². The highest BCUT2D eigenvalue weighted by Crippen LogP contribution is 2.23. The number of carbonyl (C=O) groups is 1. The zero-order valence-corrected chi connectivity index (χ0v) is 12.4. The van der Waals surface area contributed by atoms with Gasteiger partial charge in [0, 0.05) is 5.02 Å². The van der Waals surface area contributed by atoms with Gasteiger partial charge in [0.05, 0.1) is 12.1 Å². The van der Waals surface area contributed by atoms with Gasteiger partial charge in [0.1, 0.15) is 0 Å². The molecule has 0 aromatic heterocycles.